The van der Waals surface area contributed by atoms with E-state index >= 15 is 0 Å². The van der Waals surface area contributed by atoms with Gasteiger partial charge < -0.3 is 10.5 Å². The summed E-state index contributed by atoms with van der Waals surface area (Å²) < 4.78 is 5.59. The molecule has 2 N–H and O–H groups in total. The van der Waals surface area contributed by atoms with E-state index in [2.05, 4.69) is 4.90 Å². The molecule has 0 aliphatic carbocycles. The molecular formula is C11H20N2O2. The lowest BCUT2D eigenvalue weighted by Crippen LogP contribution is -2.43. The first-order chi connectivity index (χ1) is 7.25. The maximum Gasteiger partial charge on any atom is 0.221 e. The maximum atomic E-state index is 11.1. The lowest BCUT2D eigenvalue weighted by atomic mass is 9.97. The van der Waals surface area contributed by atoms with Crippen LogP contribution in [0.15, 0.2) is 0 Å². The molecular weight excluding hydrogens is 192 g/mol. The first-order valence-electron chi connectivity index (χ1n) is 5.89. The smallest absolute Gasteiger partial charge is 0.221 e. The minimum Gasteiger partial charge on any atom is -0.377 e. The fourth-order valence-electron chi connectivity index (χ4n) is 2.53. The molecule has 0 aromatic rings. The van der Waals surface area contributed by atoms with Crippen LogP contribution in [-0.2, 0) is 9.53 Å². The monoisotopic (exact) mass is 212 g/mol. The summed E-state index contributed by atoms with van der Waals surface area (Å²) in [5, 5.41) is 0. The Morgan fingerprint density at radius 2 is 2.27 bits per heavy atom. The van der Waals surface area contributed by atoms with E-state index in [1.165, 1.54) is 6.42 Å². The molecule has 2 aliphatic rings. The van der Waals surface area contributed by atoms with E-state index in [1.54, 1.807) is 0 Å². The molecule has 2 aliphatic heterocycles. The number of hydrogen-bond donors (Lipinski definition) is 1. The summed E-state index contributed by atoms with van der Waals surface area (Å²) >= 11 is 0. The number of likely N-dealkylation sites (tertiary alicyclic amines) is 1. The van der Waals surface area contributed by atoms with E-state index < -0.39 is 0 Å². The highest BCUT2D eigenvalue weighted by atomic mass is 16.5. The number of nitrogens with zero attached hydrogens (tertiary/aromatic N) is 1. The van der Waals surface area contributed by atoms with Gasteiger partial charge in [-0.3, -0.25) is 9.69 Å². The van der Waals surface area contributed by atoms with Crippen LogP contribution in [0.2, 0.25) is 0 Å². The molecule has 2 saturated heterocycles. The Hall–Kier alpha value is -0.610. The number of amides is 1. The number of carbonyl (C=O) groups is 1. The van der Waals surface area contributed by atoms with Crippen molar-refractivity contribution in [1.82, 2.24) is 4.90 Å². The molecule has 0 aromatic heterocycles. The number of ether oxygens (including phenoxy) is 1. The highest BCUT2D eigenvalue weighted by Gasteiger charge is 2.26. The molecule has 2 rings (SSSR count). The Morgan fingerprint density at radius 1 is 1.40 bits per heavy atom. The van der Waals surface area contributed by atoms with Gasteiger partial charge in [-0.05, 0) is 32.2 Å². The fraction of sp³-hybridized carbons (Fsp3) is 0.909. The van der Waals surface area contributed by atoms with E-state index in [0.717, 1.165) is 45.5 Å². The minimum atomic E-state index is -0.146. The Balaban J connectivity index is 1.79. The van der Waals surface area contributed by atoms with Crippen molar-refractivity contribution in [3.05, 3.63) is 0 Å². The van der Waals surface area contributed by atoms with Gasteiger partial charge in [0.1, 0.15) is 0 Å². The molecule has 0 spiro atoms. The molecule has 0 aromatic carbocycles. The third kappa shape index (κ3) is 2.92. The van der Waals surface area contributed by atoms with Crippen LogP contribution in [-0.4, -0.2) is 43.2 Å². The lowest BCUT2D eigenvalue weighted by molar-refractivity contribution is -0.123. The summed E-state index contributed by atoms with van der Waals surface area (Å²) in [6, 6.07) is 0. The largest absolute Gasteiger partial charge is 0.377 e. The van der Waals surface area contributed by atoms with Gasteiger partial charge in [0.05, 0.1) is 12.0 Å². The quantitative estimate of drug-likeness (QED) is 0.735. The number of primary amides is 1. The van der Waals surface area contributed by atoms with E-state index in [0.29, 0.717) is 6.10 Å². The highest BCUT2D eigenvalue weighted by Crippen LogP contribution is 2.19. The van der Waals surface area contributed by atoms with Gasteiger partial charge in [-0.2, -0.15) is 0 Å². The fourth-order valence-corrected chi connectivity index (χ4v) is 2.53. The lowest BCUT2D eigenvalue weighted by Gasteiger charge is -2.32. The predicted octanol–water partition coefficient (Wildman–Crippen LogP) is 0.363. The van der Waals surface area contributed by atoms with Crippen LogP contribution in [0.1, 0.15) is 25.7 Å². The van der Waals surface area contributed by atoms with Crippen LogP contribution in [0.3, 0.4) is 0 Å². The van der Waals surface area contributed by atoms with Gasteiger partial charge in [0.15, 0.2) is 0 Å². The molecule has 1 unspecified atom stereocenters. The third-order valence-electron chi connectivity index (χ3n) is 3.39. The molecule has 0 bridgehead atoms. The number of rotatable bonds is 3. The van der Waals surface area contributed by atoms with Crippen LogP contribution < -0.4 is 5.73 Å². The van der Waals surface area contributed by atoms with Crippen molar-refractivity contribution >= 4 is 5.91 Å². The van der Waals surface area contributed by atoms with Crippen LogP contribution in [0, 0.1) is 5.92 Å². The average molecular weight is 212 g/mol. The van der Waals surface area contributed by atoms with E-state index in [-0.39, 0.29) is 11.8 Å². The molecule has 0 radical (unpaired) electrons. The molecule has 15 heavy (non-hydrogen) atoms. The zero-order chi connectivity index (χ0) is 10.7. The van der Waals surface area contributed by atoms with Gasteiger partial charge in [-0.1, -0.05) is 0 Å². The van der Waals surface area contributed by atoms with Crippen LogP contribution in [0.4, 0.5) is 0 Å². The third-order valence-corrected chi connectivity index (χ3v) is 3.39. The topological polar surface area (TPSA) is 55.6 Å². The van der Waals surface area contributed by atoms with Gasteiger partial charge in [0.2, 0.25) is 5.91 Å². The number of hydrogen-bond acceptors (Lipinski definition) is 3. The molecule has 4 heteroatoms. The average Bonchev–Trinajstić information content (AvgIpc) is 2.71. The number of carbonyl (C=O) groups excluding carboxylic acids is 1. The van der Waals surface area contributed by atoms with Gasteiger partial charge in [-0.25, -0.2) is 0 Å². The van der Waals surface area contributed by atoms with Crippen molar-refractivity contribution in [1.29, 1.82) is 0 Å². The molecule has 0 saturated carbocycles. The zero-order valence-corrected chi connectivity index (χ0v) is 9.15. The number of piperidine rings is 1. The summed E-state index contributed by atoms with van der Waals surface area (Å²) in [4.78, 5) is 13.4. The SMILES string of the molecule is NC(=O)C1CCCN(C[C@@H]2CCCO2)C1. The maximum absolute atomic E-state index is 11.1. The van der Waals surface area contributed by atoms with Crippen molar-refractivity contribution in [2.45, 2.75) is 31.8 Å². The molecule has 2 heterocycles. The first kappa shape index (κ1) is 10.9. The Bertz CT molecular complexity index is 227. The normalized spacial score (nSPS) is 33.1. The summed E-state index contributed by atoms with van der Waals surface area (Å²) in [6.45, 7) is 3.79. The van der Waals surface area contributed by atoms with Crippen LogP contribution >= 0.6 is 0 Å². The van der Waals surface area contributed by atoms with E-state index in [9.17, 15) is 4.79 Å². The van der Waals surface area contributed by atoms with Crippen molar-refractivity contribution in [3.63, 3.8) is 0 Å². The van der Waals surface area contributed by atoms with Crippen molar-refractivity contribution in [2.75, 3.05) is 26.2 Å². The Kier molecular flexibility index (Phi) is 3.59. The minimum absolute atomic E-state index is 0.0557. The van der Waals surface area contributed by atoms with E-state index in [1.807, 2.05) is 0 Å². The van der Waals surface area contributed by atoms with Crippen molar-refractivity contribution < 1.29 is 9.53 Å². The van der Waals surface area contributed by atoms with Crippen molar-refractivity contribution in [2.24, 2.45) is 11.7 Å². The van der Waals surface area contributed by atoms with Gasteiger partial charge >= 0.3 is 0 Å². The second kappa shape index (κ2) is 4.94. The Morgan fingerprint density at radius 3 is 2.93 bits per heavy atom. The molecule has 2 atom stereocenters. The molecule has 86 valence electrons. The summed E-state index contributed by atoms with van der Waals surface area (Å²) in [6.07, 6.45) is 4.77. The summed E-state index contributed by atoms with van der Waals surface area (Å²) in [5.41, 5.74) is 5.34. The zero-order valence-electron chi connectivity index (χ0n) is 9.15. The highest BCUT2D eigenvalue weighted by molar-refractivity contribution is 5.76. The predicted molar refractivity (Wildman–Crippen MR) is 57.3 cm³/mol. The summed E-state index contributed by atoms with van der Waals surface area (Å²) in [7, 11) is 0. The molecule has 1 amide bonds. The number of nitrogens with two attached hydrogens (primary N) is 1. The van der Waals surface area contributed by atoms with Gasteiger partial charge in [-0.15, -0.1) is 0 Å². The van der Waals surface area contributed by atoms with Gasteiger partial charge in [0.25, 0.3) is 0 Å². The standard InChI is InChI=1S/C11H20N2O2/c12-11(14)9-3-1-5-13(7-9)8-10-4-2-6-15-10/h9-10H,1-8H2,(H2,12,14)/t9?,10-/m0/s1. The Labute approximate surface area is 90.8 Å². The second-order valence-corrected chi connectivity index (χ2v) is 4.64. The summed E-state index contributed by atoms with van der Waals surface area (Å²) in [5.74, 6) is -0.0906. The second-order valence-electron chi connectivity index (χ2n) is 4.64. The van der Waals surface area contributed by atoms with Crippen molar-refractivity contribution in [3.8, 4) is 0 Å². The van der Waals surface area contributed by atoms with Crippen LogP contribution in [0.25, 0.3) is 0 Å². The van der Waals surface area contributed by atoms with E-state index in [4.69, 9.17) is 10.5 Å². The molecule has 2 fully saturated rings. The molecule has 4 nitrogen and oxygen atoms in total. The van der Waals surface area contributed by atoms with Gasteiger partial charge in [0, 0.05) is 19.7 Å². The first-order valence-corrected chi connectivity index (χ1v) is 5.89. The van der Waals surface area contributed by atoms with Crippen LogP contribution in [0.5, 0.6) is 0 Å².